The molecule has 0 saturated carbocycles. The van der Waals surface area contributed by atoms with Gasteiger partial charge in [-0.25, -0.2) is 4.39 Å². The number of aliphatic hydroxyl groups is 1. The van der Waals surface area contributed by atoms with E-state index >= 15 is 0 Å². The van der Waals surface area contributed by atoms with Crippen LogP contribution in [0.3, 0.4) is 0 Å². The Labute approximate surface area is 105 Å². The Morgan fingerprint density at radius 3 is 2.39 bits per heavy atom. The largest absolute Gasteiger partial charge is 0.456 e. The van der Waals surface area contributed by atoms with Gasteiger partial charge in [0.05, 0.1) is 18.0 Å². The van der Waals surface area contributed by atoms with E-state index in [1.165, 1.54) is 18.3 Å². The quantitative estimate of drug-likeness (QED) is 0.899. The minimum absolute atomic E-state index is 0.304. The molecule has 0 amide bonds. The number of hydrogen-bond donors (Lipinski definition) is 1. The van der Waals surface area contributed by atoms with E-state index < -0.39 is 6.10 Å². The van der Waals surface area contributed by atoms with Crippen molar-refractivity contribution >= 4 is 0 Å². The van der Waals surface area contributed by atoms with E-state index in [1.807, 2.05) is 6.92 Å². The number of halogens is 1. The zero-order chi connectivity index (χ0) is 13.0. The fourth-order valence-electron chi connectivity index (χ4n) is 1.50. The summed E-state index contributed by atoms with van der Waals surface area (Å²) < 4.78 is 18.2. The Bertz CT molecular complexity index is 496. The van der Waals surface area contributed by atoms with Crippen molar-refractivity contribution in [3.8, 4) is 11.5 Å². The molecule has 4 heteroatoms. The molecule has 0 aliphatic carbocycles. The molecule has 0 saturated heterocycles. The Balaban J connectivity index is 2.08. The van der Waals surface area contributed by atoms with Gasteiger partial charge in [-0.3, -0.25) is 4.98 Å². The first-order chi connectivity index (χ1) is 8.69. The predicted octanol–water partition coefficient (Wildman–Crippen LogP) is 3.46. The topological polar surface area (TPSA) is 42.4 Å². The van der Waals surface area contributed by atoms with Gasteiger partial charge < -0.3 is 9.84 Å². The summed E-state index contributed by atoms with van der Waals surface area (Å²) in [6, 6.07) is 9.20. The first-order valence-electron chi connectivity index (χ1n) is 5.76. The first-order valence-corrected chi connectivity index (χ1v) is 5.76. The molecule has 0 bridgehead atoms. The van der Waals surface area contributed by atoms with E-state index in [2.05, 4.69) is 4.98 Å². The number of benzene rings is 1. The van der Waals surface area contributed by atoms with Crippen LogP contribution >= 0.6 is 0 Å². The van der Waals surface area contributed by atoms with E-state index in [0.717, 1.165) is 0 Å². The van der Waals surface area contributed by atoms with E-state index in [0.29, 0.717) is 23.6 Å². The second-order valence-corrected chi connectivity index (χ2v) is 3.90. The van der Waals surface area contributed by atoms with Crippen LogP contribution in [0.2, 0.25) is 0 Å². The molecule has 0 fully saturated rings. The number of rotatable bonds is 4. The molecule has 0 aliphatic heterocycles. The molecule has 0 spiro atoms. The van der Waals surface area contributed by atoms with Crippen molar-refractivity contribution < 1.29 is 14.2 Å². The fourth-order valence-corrected chi connectivity index (χ4v) is 1.50. The molecule has 3 nitrogen and oxygen atoms in total. The molecule has 1 N–H and O–H groups in total. The lowest BCUT2D eigenvalue weighted by Gasteiger charge is -2.08. The minimum atomic E-state index is -0.551. The summed E-state index contributed by atoms with van der Waals surface area (Å²) in [5.74, 6) is 0.789. The van der Waals surface area contributed by atoms with E-state index in [4.69, 9.17) is 4.74 Å². The normalized spacial score (nSPS) is 12.2. The molecule has 0 unspecified atom stereocenters. The maximum atomic E-state index is 12.7. The molecule has 1 aromatic carbocycles. The predicted molar refractivity (Wildman–Crippen MR) is 66.0 cm³/mol. The summed E-state index contributed by atoms with van der Waals surface area (Å²) in [6.45, 7) is 1.88. The van der Waals surface area contributed by atoms with Crippen LogP contribution in [0, 0.1) is 5.82 Å². The Hall–Kier alpha value is -1.94. The average molecular weight is 247 g/mol. The van der Waals surface area contributed by atoms with Crippen LogP contribution in [-0.4, -0.2) is 10.1 Å². The standard InChI is InChI=1S/C14H14FNO2/c1-2-14(17)13-8-7-12(9-16-13)18-11-5-3-10(15)4-6-11/h3-9,14,17H,2H2,1H3/t14-/m1/s1. The van der Waals surface area contributed by atoms with Crippen molar-refractivity contribution in [2.45, 2.75) is 19.4 Å². The van der Waals surface area contributed by atoms with E-state index in [9.17, 15) is 9.50 Å². The third-order valence-corrected chi connectivity index (χ3v) is 2.54. The van der Waals surface area contributed by atoms with Gasteiger partial charge in [0.2, 0.25) is 0 Å². The van der Waals surface area contributed by atoms with Gasteiger partial charge in [-0.05, 0) is 42.8 Å². The second-order valence-electron chi connectivity index (χ2n) is 3.90. The number of ether oxygens (including phenoxy) is 1. The van der Waals surface area contributed by atoms with Crippen molar-refractivity contribution in [3.05, 3.63) is 54.1 Å². The Morgan fingerprint density at radius 2 is 1.83 bits per heavy atom. The molecule has 0 radical (unpaired) electrons. The monoisotopic (exact) mass is 247 g/mol. The summed E-state index contributed by atoms with van der Waals surface area (Å²) in [7, 11) is 0. The Morgan fingerprint density at radius 1 is 1.17 bits per heavy atom. The van der Waals surface area contributed by atoms with Crippen LogP contribution in [0.1, 0.15) is 25.1 Å². The van der Waals surface area contributed by atoms with Gasteiger partial charge >= 0.3 is 0 Å². The van der Waals surface area contributed by atoms with Gasteiger partial charge in [-0.15, -0.1) is 0 Å². The third-order valence-electron chi connectivity index (χ3n) is 2.54. The van der Waals surface area contributed by atoms with E-state index in [1.54, 1.807) is 24.3 Å². The number of hydrogen-bond acceptors (Lipinski definition) is 3. The second kappa shape index (κ2) is 5.60. The highest BCUT2D eigenvalue weighted by atomic mass is 19.1. The van der Waals surface area contributed by atoms with Crippen LogP contribution in [0.15, 0.2) is 42.6 Å². The molecule has 18 heavy (non-hydrogen) atoms. The van der Waals surface area contributed by atoms with Crippen LogP contribution in [0.4, 0.5) is 4.39 Å². The van der Waals surface area contributed by atoms with Gasteiger partial charge in [-0.1, -0.05) is 6.92 Å². The highest BCUT2D eigenvalue weighted by Crippen LogP contribution is 2.22. The average Bonchev–Trinajstić information content (AvgIpc) is 2.41. The molecular formula is C14H14FNO2. The molecule has 1 heterocycles. The lowest BCUT2D eigenvalue weighted by atomic mass is 10.2. The van der Waals surface area contributed by atoms with Gasteiger partial charge in [0, 0.05) is 0 Å². The zero-order valence-electron chi connectivity index (χ0n) is 10.0. The van der Waals surface area contributed by atoms with Gasteiger partial charge in [0.25, 0.3) is 0 Å². The van der Waals surface area contributed by atoms with Crippen LogP contribution in [0.5, 0.6) is 11.5 Å². The molecular weight excluding hydrogens is 233 g/mol. The van der Waals surface area contributed by atoms with Crippen molar-refractivity contribution in [3.63, 3.8) is 0 Å². The fraction of sp³-hybridized carbons (Fsp3) is 0.214. The summed E-state index contributed by atoms with van der Waals surface area (Å²) in [5.41, 5.74) is 0.615. The van der Waals surface area contributed by atoms with Crippen LogP contribution in [0.25, 0.3) is 0 Å². The third kappa shape index (κ3) is 3.05. The summed E-state index contributed by atoms with van der Waals surface area (Å²) in [4.78, 5) is 4.11. The lowest BCUT2D eigenvalue weighted by molar-refractivity contribution is 0.169. The highest BCUT2D eigenvalue weighted by molar-refractivity contribution is 5.30. The molecule has 0 aliphatic rings. The van der Waals surface area contributed by atoms with Gasteiger partial charge in [0.1, 0.15) is 17.3 Å². The number of pyridine rings is 1. The van der Waals surface area contributed by atoms with Crippen LogP contribution < -0.4 is 4.74 Å². The van der Waals surface area contributed by atoms with Crippen molar-refractivity contribution in [1.29, 1.82) is 0 Å². The van der Waals surface area contributed by atoms with Crippen molar-refractivity contribution in [1.82, 2.24) is 4.98 Å². The summed E-state index contributed by atoms with van der Waals surface area (Å²) in [6.07, 6.45) is 1.60. The number of aliphatic hydroxyl groups excluding tert-OH is 1. The molecule has 1 atom stereocenters. The lowest BCUT2D eigenvalue weighted by Crippen LogP contribution is -1.98. The molecule has 94 valence electrons. The van der Waals surface area contributed by atoms with Crippen LogP contribution in [-0.2, 0) is 0 Å². The highest BCUT2D eigenvalue weighted by Gasteiger charge is 2.06. The smallest absolute Gasteiger partial charge is 0.145 e. The summed E-state index contributed by atoms with van der Waals surface area (Å²) >= 11 is 0. The zero-order valence-corrected chi connectivity index (χ0v) is 10.0. The van der Waals surface area contributed by atoms with Crippen molar-refractivity contribution in [2.75, 3.05) is 0 Å². The number of nitrogens with zero attached hydrogens (tertiary/aromatic N) is 1. The molecule has 2 rings (SSSR count). The number of aromatic nitrogens is 1. The SMILES string of the molecule is CC[C@@H](O)c1ccc(Oc2ccc(F)cc2)cn1. The summed E-state index contributed by atoms with van der Waals surface area (Å²) in [5, 5.41) is 9.60. The van der Waals surface area contributed by atoms with Gasteiger partial charge in [-0.2, -0.15) is 0 Å². The first kappa shape index (κ1) is 12.5. The maximum absolute atomic E-state index is 12.7. The van der Waals surface area contributed by atoms with Crippen molar-refractivity contribution in [2.24, 2.45) is 0 Å². The van der Waals surface area contributed by atoms with Gasteiger partial charge in [0.15, 0.2) is 0 Å². The molecule has 2 aromatic rings. The molecule has 1 aromatic heterocycles. The Kier molecular flexibility index (Phi) is 3.89. The van der Waals surface area contributed by atoms with E-state index in [-0.39, 0.29) is 5.82 Å². The minimum Gasteiger partial charge on any atom is -0.456 e. The maximum Gasteiger partial charge on any atom is 0.145 e.